The molecule has 4 rings (SSSR count). The van der Waals surface area contributed by atoms with Gasteiger partial charge in [-0.3, -0.25) is 14.7 Å². The van der Waals surface area contributed by atoms with Gasteiger partial charge in [-0.1, -0.05) is 12.8 Å². The Balaban J connectivity index is 1.47. The van der Waals surface area contributed by atoms with Crippen LogP contribution in [0.2, 0.25) is 0 Å². The number of carbonyl (C=O) groups is 1. The third kappa shape index (κ3) is 2.85. The molecule has 3 heterocycles. The van der Waals surface area contributed by atoms with E-state index in [9.17, 15) is 9.59 Å². The minimum absolute atomic E-state index is 0.0871. The number of nitrogens with zero attached hydrogens (tertiary/aromatic N) is 3. The van der Waals surface area contributed by atoms with E-state index in [0.29, 0.717) is 23.9 Å². The van der Waals surface area contributed by atoms with Gasteiger partial charge in [-0.15, -0.1) is 0 Å². The van der Waals surface area contributed by atoms with E-state index in [2.05, 4.69) is 10.1 Å². The monoisotopic (exact) mass is 328 g/mol. The topological polar surface area (TPSA) is 70.5 Å². The molecule has 2 aromatic rings. The van der Waals surface area contributed by atoms with Gasteiger partial charge in [0.15, 0.2) is 5.65 Å². The van der Waals surface area contributed by atoms with E-state index in [1.807, 2.05) is 17.9 Å². The van der Waals surface area contributed by atoms with Crippen LogP contribution in [0.4, 0.5) is 0 Å². The summed E-state index contributed by atoms with van der Waals surface area (Å²) in [6, 6.07) is 3.48. The maximum atomic E-state index is 12.5. The summed E-state index contributed by atoms with van der Waals surface area (Å²) in [5.41, 5.74) is 2.30. The quantitative estimate of drug-likeness (QED) is 0.939. The third-order valence-corrected chi connectivity index (χ3v) is 5.52. The van der Waals surface area contributed by atoms with Crippen LogP contribution in [0.3, 0.4) is 0 Å². The number of carbonyl (C=O) groups excluding carboxylic acids is 1. The van der Waals surface area contributed by atoms with Crippen LogP contribution in [0.15, 0.2) is 16.9 Å². The maximum absolute atomic E-state index is 12.5. The van der Waals surface area contributed by atoms with Crippen LogP contribution >= 0.6 is 0 Å². The van der Waals surface area contributed by atoms with Crippen molar-refractivity contribution in [3.05, 3.63) is 33.9 Å². The van der Waals surface area contributed by atoms with Crippen molar-refractivity contribution in [1.29, 1.82) is 0 Å². The van der Waals surface area contributed by atoms with Crippen molar-refractivity contribution in [3.8, 4) is 0 Å². The molecular formula is C18H24N4O2. The van der Waals surface area contributed by atoms with Gasteiger partial charge in [0.1, 0.15) is 0 Å². The molecule has 0 radical (unpaired) electrons. The molecule has 1 N–H and O–H groups in total. The van der Waals surface area contributed by atoms with Crippen LogP contribution in [0, 0.1) is 12.8 Å². The Morgan fingerprint density at radius 1 is 1.29 bits per heavy atom. The predicted octanol–water partition coefficient (Wildman–Crippen LogP) is 2.23. The largest absolute Gasteiger partial charge is 0.342 e. The van der Waals surface area contributed by atoms with E-state index in [1.165, 1.54) is 36.3 Å². The first-order chi connectivity index (χ1) is 11.6. The minimum Gasteiger partial charge on any atom is -0.342 e. The normalized spacial score (nSPS) is 21.9. The van der Waals surface area contributed by atoms with Gasteiger partial charge in [-0.05, 0) is 32.1 Å². The molecule has 0 spiro atoms. The van der Waals surface area contributed by atoms with Gasteiger partial charge >= 0.3 is 0 Å². The second-order valence-electron chi connectivity index (χ2n) is 7.32. The summed E-state index contributed by atoms with van der Waals surface area (Å²) in [4.78, 5) is 30.9. The average molecular weight is 328 g/mol. The highest BCUT2D eigenvalue weighted by atomic mass is 16.2. The van der Waals surface area contributed by atoms with Crippen molar-refractivity contribution < 1.29 is 4.79 Å². The van der Waals surface area contributed by atoms with Crippen LogP contribution in [-0.4, -0.2) is 38.5 Å². The Bertz CT molecular complexity index is 816. The fourth-order valence-corrected chi connectivity index (χ4v) is 4.17. The number of aromatic nitrogens is 3. The van der Waals surface area contributed by atoms with Crippen molar-refractivity contribution in [2.75, 3.05) is 13.1 Å². The van der Waals surface area contributed by atoms with Crippen molar-refractivity contribution in [1.82, 2.24) is 19.5 Å². The number of aryl methyl sites for hydroxylation is 1. The van der Waals surface area contributed by atoms with Crippen molar-refractivity contribution >= 4 is 11.6 Å². The van der Waals surface area contributed by atoms with E-state index < -0.39 is 0 Å². The third-order valence-electron chi connectivity index (χ3n) is 5.52. The first kappa shape index (κ1) is 15.4. The summed E-state index contributed by atoms with van der Waals surface area (Å²) in [5.74, 6) is 1.15. The lowest BCUT2D eigenvalue weighted by atomic mass is 10.0. The van der Waals surface area contributed by atoms with Crippen LogP contribution < -0.4 is 5.56 Å². The number of aromatic amines is 1. The lowest BCUT2D eigenvalue weighted by Crippen LogP contribution is -2.29. The minimum atomic E-state index is -0.0871. The molecule has 1 saturated carbocycles. The zero-order valence-corrected chi connectivity index (χ0v) is 14.1. The van der Waals surface area contributed by atoms with Gasteiger partial charge in [-0.25, -0.2) is 9.50 Å². The van der Waals surface area contributed by atoms with Crippen molar-refractivity contribution in [2.45, 2.75) is 51.4 Å². The van der Waals surface area contributed by atoms with Crippen molar-refractivity contribution in [3.63, 3.8) is 0 Å². The Labute approximate surface area is 140 Å². The molecule has 2 fully saturated rings. The Kier molecular flexibility index (Phi) is 3.90. The summed E-state index contributed by atoms with van der Waals surface area (Å²) in [5, 5.41) is 3.17. The second-order valence-corrected chi connectivity index (χ2v) is 7.32. The Hall–Kier alpha value is -2.11. The van der Waals surface area contributed by atoms with Crippen LogP contribution in [0.25, 0.3) is 5.65 Å². The van der Waals surface area contributed by atoms with Gasteiger partial charge in [-0.2, -0.15) is 0 Å². The van der Waals surface area contributed by atoms with E-state index in [4.69, 9.17) is 0 Å². The smallest absolute Gasteiger partial charge is 0.272 e. The number of H-pyrrole nitrogens is 1. The zero-order chi connectivity index (χ0) is 16.7. The molecule has 1 saturated heterocycles. The summed E-state index contributed by atoms with van der Waals surface area (Å²) in [6.07, 6.45) is 6.61. The summed E-state index contributed by atoms with van der Waals surface area (Å²) in [7, 11) is 0. The van der Waals surface area contributed by atoms with Gasteiger partial charge in [0.05, 0.1) is 0 Å². The SMILES string of the molecule is Cc1cc(=O)n2[nH]c([C@H]3CCN(C(=O)CC4CCCC4)C3)cc2n1. The fourth-order valence-electron chi connectivity index (χ4n) is 4.17. The predicted molar refractivity (Wildman–Crippen MR) is 91.1 cm³/mol. The van der Waals surface area contributed by atoms with Crippen LogP contribution in [0.1, 0.15) is 55.8 Å². The first-order valence-electron chi connectivity index (χ1n) is 8.97. The molecule has 6 nitrogen and oxygen atoms in total. The average Bonchev–Trinajstić information content (AvgIpc) is 3.26. The number of likely N-dealkylation sites (tertiary alicyclic amines) is 1. The van der Waals surface area contributed by atoms with Crippen molar-refractivity contribution in [2.24, 2.45) is 5.92 Å². The number of hydrogen-bond donors (Lipinski definition) is 1. The molecule has 6 heteroatoms. The maximum Gasteiger partial charge on any atom is 0.272 e. The molecule has 1 atom stereocenters. The number of nitrogens with one attached hydrogen (secondary N) is 1. The highest BCUT2D eigenvalue weighted by Crippen LogP contribution is 2.31. The Morgan fingerprint density at radius 3 is 2.88 bits per heavy atom. The van der Waals surface area contributed by atoms with E-state index in [1.54, 1.807) is 0 Å². The summed E-state index contributed by atoms with van der Waals surface area (Å²) >= 11 is 0. The van der Waals surface area contributed by atoms with E-state index in [0.717, 1.165) is 30.9 Å². The molecule has 128 valence electrons. The molecule has 2 aliphatic rings. The Morgan fingerprint density at radius 2 is 2.08 bits per heavy atom. The number of fused-ring (bicyclic) bond motifs is 1. The molecule has 0 aromatic carbocycles. The van der Waals surface area contributed by atoms with Gasteiger partial charge in [0.2, 0.25) is 5.91 Å². The first-order valence-corrected chi connectivity index (χ1v) is 8.97. The second kappa shape index (κ2) is 6.07. The standard InChI is InChI=1S/C18H24N4O2/c1-12-8-18(24)22-16(19-12)10-15(20-22)14-6-7-21(11-14)17(23)9-13-4-2-3-5-13/h8,10,13-14,20H,2-7,9,11H2,1H3/t14-/m0/s1. The van der Waals surface area contributed by atoms with E-state index >= 15 is 0 Å². The molecule has 1 amide bonds. The number of rotatable bonds is 3. The lowest BCUT2D eigenvalue weighted by Gasteiger charge is -2.18. The zero-order valence-electron chi connectivity index (χ0n) is 14.1. The summed E-state index contributed by atoms with van der Waals surface area (Å²) < 4.78 is 1.49. The highest BCUT2D eigenvalue weighted by molar-refractivity contribution is 5.77. The van der Waals surface area contributed by atoms with Crippen LogP contribution in [0.5, 0.6) is 0 Å². The molecule has 0 unspecified atom stereocenters. The number of hydrogen-bond acceptors (Lipinski definition) is 3. The molecule has 1 aliphatic heterocycles. The molecule has 1 aliphatic carbocycles. The van der Waals surface area contributed by atoms with Crippen LogP contribution in [-0.2, 0) is 4.79 Å². The van der Waals surface area contributed by atoms with Gasteiger partial charge < -0.3 is 4.90 Å². The highest BCUT2D eigenvalue weighted by Gasteiger charge is 2.30. The molecule has 0 bridgehead atoms. The van der Waals surface area contributed by atoms with Gasteiger partial charge in [0, 0.05) is 48.9 Å². The number of amides is 1. The molecule has 24 heavy (non-hydrogen) atoms. The molecular weight excluding hydrogens is 304 g/mol. The fraction of sp³-hybridized carbons (Fsp3) is 0.611. The van der Waals surface area contributed by atoms with E-state index in [-0.39, 0.29) is 11.5 Å². The summed E-state index contributed by atoms with van der Waals surface area (Å²) in [6.45, 7) is 3.38. The van der Waals surface area contributed by atoms with Gasteiger partial charge in [0.25, 0.3) is 5.56 Å². The lowest BCUT2D eigenvalue weighted by molar-refractivity contribution is -0.131. The molecule has 2 aromatic heterocycles.